The number of carboxylic acid groups (broad SMARTS) is 1. The predicted molar refractivity (Wildman–Crippen MR) is 101 cm³/mol. The van der Waals surface area contributed by atoms with Gasteiger partial charge in [0.15, 0.2) is 0 Å². The molecule has 2 rings (SSSR count). The van der Waals surface area contributed by atoms with Crippen molar-refractivity contribution in [1.29, 1.82) is 0 Å². The number of nitrogens with one attached hydrogen (secondary N) is 1. The lowest BCUT2D eigenvalue weighted by molar-refractivity contribution is -0.139. The van der Waals surface area contributed by atoms with Crippen LogP contribution in [0.3, 0.4) is 0 Å². The van der Waals surface area contributed by atoms with E-state index in [0.29, 0.717) is 18.3 Å². The summed E-state index contributed by atoms with van der Waals surface area (Å²) >= 11 is 3.26. The zero-order chi connectivity index (χ0) is 19.2. The Labute approximate surface area is 160 Å². The third-order valence-corrected chi connectivity index (χ3v) is 5.85. The van der Waals surface area contributed by atoms with E-state index in [2.05, 4.69) is 20.7 Å². The molecular formula is C18H18BrNO5S. The van der Waals surface area contributed by atoms with Crippen LogP contribution in [0, 0.1) is 0 Å². The van der Waals surface area contributed by atoms with Gasteiger partial charge in [-0.05, 0) is 41.8 Å². The van der Waals surface area contributed by atoms with E-state index in [1.54, 1.807) is 36.4 Å². The minimum atomic E-state index is -3.57. The maximum absolute atomic E-state index is 12.2. The zero-order valence-corrected chi connectivity index (χ0v) is 16.2. The molecule has 0 bridgehead atoms. The van der Waals surface area contributed by atoms with Gasteiger partial charge in [-0.3, -0.25) is 4.79 Å². The van der Waals surface area contributed by atoms with Gasteiger partial charge in [0.1, 0.15) is 6.29 Å². The molecule has 0 spiro atoms. The Morgan fingerprint density at radius 1 is 1.12 bits per heavy atom. The van der Waals surface area contributed by atoms with Gasteiger partial charge in [-0.25, -0.2) is 13.1 Å². The molecule has 1 unspecified atom stereocenters. The Bertz CT molecular complexity index is 863. The summed E-state index contributed by atoms with van der Waals surface area (Å²) in [5, 5.41) is 9.14. The molecule has 2 aromatic rings. The first kappa shape index (κ1) is 20.3. The highest BCUT2D eigenvalue weighted by Gasteiger charge is 2.19. The van der Waals surface area contributed by atoms with Gasteiger partial charge in [0, 0.05) is 17.4 Å². The van der Waals surface area contributed by atoms with Crippen molar-refractivity contribution in [2.45, 2.75) is 23.7 Å². The van der Waals surface area contributed by atoms with Gasteiger partial charge in [-0.1, -0.05) is 40.2 Å². The Morgan fingerprint density at radius 2 is 1.73 bits per heavy atom. The van der Waals surface area contributed by atoms with Gasteiger partial charge in [0.2, 0.25) is 10.0 Å². The smallest absolute Gasteiger partial charge is 0.311 e. The Kier molecular flexibility index (Phi) is 7.07. The summed E-state index contributed by atoms with van der Waals surface area (Å²) in [5.41, 5.74) is 1.41. The van der Waals surface area contributed by atoms with Crippen molar-refractivity contribution in [2.24, 2.45) is 0 Å². The molecule has 0 aliphatic carbocycles. The van der Waals surface area contributed by atoms with E-state index in [0.717, 1.165) is 10.0 Å². The van der Waals surface area contributed by atoms with E-state index in [1.807, 2.05) is 0 Å². The number of benzene rings is 2. The van der Waals surface area contributed by atoms with Gasteiger partial charge in [0.05, 0.1) is 10.8 Å². The summed E-state index contributed by atoms with van der Waals surface area (Å²) in [4.78, 5) is 22.0. The number of hydrogen-bond acceptors (Lipinski definition) is 4. The van der Waals surface area contributed by atoms with Gasteiger partial charge in [-0.2, -0.15) is 0 Å². The quantitative estimate of drug-likeness (QED) is 0.584. The highest BCUT2D eigenvalue weighted by molar-refractivity contribution is 9.10. The largest absolute Gasteiger partial charge is 0.481 e. The van der Waals surface area contributed by atoms with E-state index in [4.69, 9.17) is 5.11 Å². The third-order valence-electron chi connectivity index (χ3n) is 3.84. The minimum absolute atomic E-state index is 0.0817. The summed E-state index contributed by atoms with van der Waals surface area (Å²) in [6.07, 6.45) is 0.965. The molecule has 8 heteroatoms. The lowest BCUT2D eigenvalue weighted by Crippen LogP contribution is -2.26. The first-order valence-electron chi connectivity index (χ1n) is 7.84. The van der Waals surface area contributed by atoms with Crippen LogP contribution in [-0.4, -0.2) is 32.3 Å². The lowest BCUT2D eigenvalue weighted by Gasteiger charge is -2.11. The first-order chi connectivity index (χ1) is 12.3. The second-order valence-corrected chi connectivity index (χ2v) is 8.32. The van der Waals surface area contributed by atoms with Gasteiger partial charge < -0.3 is 9.90 Å². The van der Waals surface area contributed by atoms with Crippen molar-refractivity contribution in [3.63, 3.8) is 0 Å². The molecule has 0 fully saturated rings. The molecule has 0 radical (unpaired) electrons. The Balaban J connectivity index is 1.96. The number of aldehydes is 1. The van der Waals surface area contributed by atoms with Crippen LogP contribution in [0.4, 0.5) is 0 Å². The lowest BCUT2D eigenvalue weighted by atomic mass is 9.95. The number of hydrogen-bond donors (Lipinski definition) is 2. The van der Waals surface area contributed by atoms with Crippen LogP contribution in [0.5, 0.6) is 0 Å². The predicted octanol–water partition coefficient (Wildman–Crippen LogP) is 2.73. The number of aliphatic carboxylic acids is 1. The topological polar surface area (TPSA) is 101 Å². The molecule has 0 aromatic heterocycles. The number of sulfonamides is 1. The van der Waals surface area contributed by atoms with Crippen molar-refractivity contribution in [1.82, 2.24) is 4.72 Å². The van der Waals surface area contributed by atoms with Crippen LogP contribution < -0.4 is 4.72 Å². The molecule has 0 heterocycles. The molecular weight excluding hydrogens is 422 g/mol. The fraction of sp³-hybridized carbons (Fsp3) is 0.222. The van der Waals surface area contributed by atoms with Crippen LogP contribution in [0.1, 0.15) is 23.5 Å². The second kappa shape index (κ2) is 9.07. The van der Waals surface area contributed by atoms with Crippen molar-refractivity contribution in [2.75, 3.05) is 6.54 Å². The van der Waals surface area contributed by atoms with E-state index < -0.39 is 21.9 Å². The van der Waals surface area contributed by atoms with Crippen molar-refractivity contribution < 1.29 is 23.1 Å². The molecule has 1 atom stereocenters. The number of carboxylic acids is 1. The number of carbonyl (C=O) groups is 2. The molecule has 138 valence electrons. The summed E-state index contributed by atoms with van der Waals surface area (Å²) in [7, 11) is -3.57. The average Bonchev–Trinajstić information content (AvgIpc) is 2.60. The highest BCUT2D eigenvalue weighted by atomic mass is 79.9. The normalized spacial score (nSPS) is 12.5. The van der Waals surface area contributed by atoms with Crippen molar-refractivity contribution in [3.8, 4) is 0 Å². The molecule has 0 saturated carbocycles. The maximum atomic E-state index is 12.2. The summed E-state index contributed by atoms with van der Waals surface area (Å²) < 4.78 is 27.7. The average molecular weight is 440 g/mol. The van der Waals surface area contributed by atoms with Gasteiger partial charge in [0.25, 0.3) is 0 Å². The summed E-state index contributed by atoms with van der Waals surface area (Å²) in [6.45, 7) is 0.217. The minimum Gasteiger partial charge on any atom is -0.481 e. The number of halogens is 1. The molecule has 0 saturated heterocycles. The molecule has 0 aliphatic rings. The Hall–Kier alpha value is -2.03. The number of rotatable bonds is 9. The van der Waals surface area contributed by atoms with Crippen molar-refractivity contribution in [3.05, 3.63) is 64.1 Å². The standard InChI is InChI=1S/C18H18BrNO5S/c19-15-5-7-16(8-6-15)26(24,25)20-11-9-13-1-3-14(4-2-13)17(10-12-21)18(22)23/h1-8,12,17,20H,9-11H2,(H,22,23). The molecule has 0 amide bonds. The fourth-order valence-electron chi connectivity index (χ4n) is 2.42. The second-order valence-electron chi connectivity index (χ2n) is 5.64. The van der Waals surface area contributed by atoms with E-state index >= 15 is 0 Å². The van der Waals surface area contributed by atoms with Gasteiger partial charge in [-0.15, -0.1) is 0 Å². The van der Waals surface area contributed by atoms with Crippen LogP contribution in [-0.2, 0) is 26.0 Å². The summed E-state index contributed by atoms with van der Waals surface area (Å²) in [5.74, 6) is -1.91. The molecule has 0 aliphatic heterocycles. The first-order valence-corrected chi connectivity index (χ1v) is 10.1. The van der Waals surface area contributed by atoms with E-state index in [-0.39, 0.29) is 17.9 Å². The van der Waals surface area contributed by atoms with Crippen LogP contribution in [0.15, 0.2) is 57.9 Å². The zero-order valence-electron chi connectivity index (χ0n) is 13.8. The van der Waals surface area contributed by atoms with Gasteiger partial charge >= 0.3 is 5.97 Å². The molecule has 26 heavy (non-hydrogen) atoms. The molecule has 2 aromatic carbocycles. The fourth-order valence-corrected chi connectivity index (χ4v) is 3.72. The highest BCUT2D eigenvalue weighted by Crippen LogP contribution is 2.20. The SMILES string of the molecule is O=CCC(C(=O)O)c1ccc(CCNS(=O)(=O)c2ccc(Br)cc2)cc1. The summed E-state index contributed by atoms with van der Waals surface area (Å²) in [6, 6.07) is 13.1. The maximum Gasteiger partial charge on any atom is 0.311 e. The van der Waals surface area contributed by atoms with Crippen LogP contribution >= 0.6 is 15.9 Å². The van der Waals surface area contributed by atoms with E-state index in [1.165, 1.54) is 12.1 Å². The van der Waals surface area contributed by atoms with E-state index in [9.17, 15) is 18.0 Å². The Morgan fingerprint density at radius 3 is 2.27 bits per heavy atom. The third kappa shape index (κ3) is 5.48. The molecule has 2 N–H and O–H groups in total. The molecule has 6 nitrogen and oxygen atoms in total. The monoisotopic (exact) mass is 439 g/mol. The van der Waals surface area contributed by atoms with Crippen molar-refractivity contribution >= 4 is 38.2 Å². The van der Waals surface area contributed by atoms with Crippen LogP contribution in [0.2, 0.25) is 0 Å². The number of carbonyl (C=O) groups excluding carboxylic acids is 1. The van der Waals surface area contributed by atoms with Crippen LogP contribution in [0.25, 0.3) is 0 Å².